The molecule has 0 heterocycles. The molecule has 0 unspecified atom stereocenters. The van der Waals surface area contributed by atoms with Crippen molar-refractivity contribution in [3.63, 3.8) is 0 Å². The van der Waals surface area contributed by atoms with E-state index < -0.39 is 15.3 Å². The Labute approximate surface area is 153 Å². The molecular weight excluding hydrogens is 334 g/mol. The van der Waals surface area contributed by atoms with E-state index in [0.717, 1.165) is 18.4 Å². The summed E-state index contributed by atoms with van der Waals surface area (Å²) in [5, 5.41) is -0.403. The van der Waals surface area contributed by atoms with Gasteiger partial charge in [-0.05, 0) is 50.7 Å². The Bertz CT molecular complexity index is 621. The highest BCUT2D eigenvalue weighted by molar-refractivity contribution is 7.89. The Balaban J connectivity index is 2.31. The second kappa shape index (κ2) is 10.7. The van der Waals surface area contributed by atoms with Gasteiger partial charge in [-0.2, -0.15) is 0 Å². The van der Waals surface area contributed by atoms with Gasteiger partial charge < -0.3 is 0 Å². The lowest BCUT2D eigenvalue weighted by Crippen LogP contribution is -2.33. The molecule has 0 aliphatic carbocycles. The fourth-order valence-corrected chi connectivity index (χ4v) is 3.77. The van der Waals surface area contributed by atoms with Crippen molar-refractivity contribution in [3.8, 4) is 0 Å². The molecule has 0 aromatic heterocycles. The number of benzene rings is 1. The Kier molecular flexibility index (Phi) is 9.36. The Morgan fingerprint density at radius 3 is 2.20 bits per heavy atom. The van der Waals surface area contributed by atoms with Gasteiger partial charge in [-0.1, -0.05) is 37.6 Å². The highest BCUT2D eigenvalue weighted by Crippen LogP contribution is 2.11. The zero-order valence-corrected chi connectivity index (χ0v) is 16.9. The van der Waals surface area contributed by atoms with Gasteiger partial charge in [-0.25, -0.2) is 12.7 Å². The third kappa shape index (κ3) is 7.70. The van der Waals surface area contributed by atoms with E-state index in [-0.39, 0.29) is 5.78 Å². The Morgan fingerprint density at radius 1 is 1.04 bits per heavy atom. The van der Waals surface area contributed by atoms with Gasteiger partial charge in [0.15, 0.2) is 0 Å². The van der Waals surface area contributed by atoms with Gasteiger partial charge in [-0.3, -0.25) is 4.79 Å². The van der Waals surface area contributed by atoms with Crippen LogP contribution < -0.4 is 0 Å². The van der Waals surface area contributed by atoms with E-state index in [1.807, 2.05) is 12.1 Å². The predicted molar refractivity (Wildman–Crippen MR) is 104 cm³/mol. The summed E-state index contributed by atoms with van der Waals surface area (Å²) in [6.07, 6.45) is 5.89. The van der Waals surface area contributed by atoms with Gasteiger partial charge in [-0.15, -0.1) is 0 Å². The van der Waals surface area contributed by atoms with E-state index in [2.05, 4.69) is 19.1 Å². The minimum absolute atomic E-state index is 0.218. The van der Waals surface area contributed by atoms with Crippen molar-refractivity contribution in [2.24, 2.45) is 0 Å². The average molecular weight is 368 g/mol. The third-order valence-electron chi connectivity index (χ3n) is 4.45. The maximum absolute atomic E-state index is 12.1. The number of hydrogen-bond donors (Lipinski definition) is 0. The molecule has 142 valence electrons. The Morgan fingerprint density at radius 2 is 1.64 bits per heavy atom. The maximum Gasteiger partial charge on any atom is 0.216 e. The molecule has 0 saturated heterocycles. The van der Waals surface area contributed by atoms with Crippen LogP contribution >= 0.6 is 0 Å². The lowest BCUT2D eigenvalue weighted by atomic mass is 10.0. The fourth-order valence-electron chi connectivity index (χ4n) is 2.66. The number of ketones is 1. The predicted octanol–water partition coefficient (Wildman–Crippen LogP) is 3.98. The van der Waals surface area contributed by atoms with Crippen LogP contribution in [0, 0.1) is 0 Å². The van der Waals surface area contributed by atoms with Crippen molar-refractivity contribution in [3.05, 3.63) is 35.4 Å². The highest BCUT2D eigenvalue weighted by Gasteiger charge is 2.21. The topological polar surface area (TPSA) is 54.5 Å². The van der Waals surface area contributed by atoms with E-state index in [9.17, 15) is 13.2 Å². The summed E-state index contributed by atoms with van der Waals surface area (Å²) < 4.78 is 25.3. The average Bonchev–Trinajstić information content (AvgIpc) is 2.57. The molecule has 0 radical (unpaired) electrons. The van der Waals surface area contributed by atoms with Crippen LogP contribution in [-0.4, -0.2) is 37.3 Å². The van der Waals surface area contributed by atoms with Crippen LogP contribution in [0.25, 0.3) is 0 Å². The minimum atomic E-state index is -3.19. The van der Waals surface area contributed by atoms with E-state index in [1.165, 1.54) is 22.7 Å². The number of aryl methyl sites for hydroxylation is 1. The quantitative estimate of drug-likeness (QED) is 0.525. The molecule has 4 nitrogen and oxygen atoms in total. The normalized spacial score (nSPS) is 12.1. The number of carbonyl (C=O) groups excluding carboxylic acids is 1. The van der Waals surface area contributed by atoms with E-state index in [0.29, 0.717) is 25.8 Å². The molecule has 1 rings (SSSR count). The van der Waals surface area contributed by atoms with Crippen LogP contribution in [-0.2, 0) is 27.7 Å². The molecule has 0 bridgehead atoms. The second-order valence-corrected chi connectivity index (χ2v) is 9.60. The van der Waals surface area contributed by atoms with Gasteiger partial charge in [0.1, 0.15) is 5.78 Å². The number of sulfonamides is 1. The molecule has 0 saturated carbocycles. The number of rotatable bonds is 12. The molecule has 1 aromatic rings. The monoisotopic (exact) mass is 367 g/mol. The van der Waals surface area contributed by atoms with Crippen molar-refractivity contribution in [2.75, 3.05) is 13.6 Å². The molecule has 0 fully saturated rings. The molecular formula is C20H33NO3S. The van der Waals surface area contributed by atoms with Crippen LogP contribution in [0.2, 0.25) is 0 Å². The third-order valence-corrected chi connectivity index (χ3v) is 6.69. The fraction of sp³-hybridized carbons (Fsp3) is 0.650. The summed E-state index contributed by atoms with van der Waals surface area (Å²) in [6, 6.07) is 8.33. The van der Waals surface area contributed by atoms with Crippen molar-refractivity contribution in [1.82, 2.24) is 4.31 Å². The molecule has 5 heteroatoms. The van der Waals surface area contributed by atoms with Crippen LogP contribution in [0.5, 0.6) is 0 Å². The standard InChI is InChI=1S/C20H33NO3S/c1-5-6-9-18-11-13-19(14-12-18)16-20(22)10-7-8-15-21(4)25(23,24)17(2)3/h11-14,17H,5-10,15-16H2,1-4H3. The van der Waals surface area contributed by atoms with Crippen molar-refractivity contribution in [1.29, 1.82) is 0 Å². The zero-order chi connectivity index (χ0) is 18.9. The molecule has 0 aliphatic rings. The summed E-state index contributed by atoms with van der Waals surface area (Å²) in [5.74, 6) is 0.218. The van der Waals surface area contributed by atoms with Crippen LogP contribution in [0.4, 0.5) is 0 Å². The summed E-state index contributed by atoms with van der Waals surface area (Å²) in [4.78, 5) is 12.1. The first-order valence-corrected chi connectivity index (χ1v) is 10.8. The number of Topliss-reactive ketones (excluding diaryl/α,β-unsaturated/α-hetero) is 1. The SMILES string of the molecule is CCCCc1ccc(CC(=O)CCCCN(C)S(=O)(=O)C(C)C)cc1. The van der Waals surface area contributed by atoms with Gasteiger partial charge in [0.05, 0.1) is 5.25 Å². The minimum Gasteiger partial charge on any atom is -0.299 e. The number of unbranched alkanes of at least 4 members (excludes halogenated alkanes) is 2. The number of nitrogens with zero attached hydrogens (tertiary/aromatic N) is 1. The molecule has 0 spiro atoms. The first-order valence-electron chi connectivity index (χ1n) is 9.32. The van der Waals surface area contributed by atoms with Gasteiger partial charge >= 0.3 is 0 Å². The molecule has 0 aliphatic heterocycles. The van der Waals surface area contributed by atoms with Crippen LogP contribution in [0.3, 0.4) is 0 Å². The second-order valence-electron chi connectivity index (χ2n) is 7.01. The summed E-state index contributed by atoms with van der Waals surface area (Å²) in [6.45, 7) is 6.02. The molecule has 0 atom stereocenters. The number of carbonyl (C=O) groups is 1. The largest absolute Gasteiger partial charge is 0.299 e. The van der Waals surface area contributed by atoms with Gasteiger partial charge in [0, 0.05) is 26.4 Å². The summed E-state index contributed by atoms with van der Waals surface area (Å²) >= 11 is 0. The van der Waals surface area contributed by atoms with Crippen molar-refractivity contribution < 1.29 is 13.2 Å². The van der Waals surface area contributed by atoms with Crippen molar-refractivity contribution in [2.45, 2.75) is 71.0 Å². The molecule has 1 aromatic carbocycles. The molecule has 25 heavy (non-hydrogen) atoms. The zero-order valence-electron chi connectivity index (χ0n) is 16.1. The van der Waals surface area contributed by atoms with E-state index in [4.69, 9.17) is 0 Å². The van der Waals surface area contributed by atoms with Crippen molar-refractivity contribution >= 4 is 15.8 Å². The number of hydrogen-bond acceptors (Lipinski definition) is 3. The van der Waals surface area contributed by atoms with Gasteiger partial charge in [0.25, 0.3) is 0 Å². The first kappa shape index (κ1) is 21.8. The molecule has 0 N–H and O–H groups in total. The Hall–Kier alpha value is -1.20. The van der Waals surface area contributed by atoms with E-state index in [1.54, 1.807) is 20.9 Å². The lowest BCUT2D eigenvalue weighted by molar-refractivity contribution is -0.118. The smallest absolute Gasteiger partial charge is 0.216 e. The highest BCUT2D eigenvalue weighted by atomic mass is 32.2. The molecule has 0 amide bonds. The lowest BCUT2D eigenvalue weighted by Gasteiger charge is -2.19. The first-order chi connectivity index (χ1) is 11.8. The van der Waals surface area contributed by atoms with Crippen LogP contribution in [0.15, 0.2) is 24.3 Å². The van der Waals surface area contributed by atoms with Gasteiger partial charge in [0.2, 0.25) is 10.0 Å². The van der Waals surface area contributed by atoms with Crippen LogP contribution in [0.1, 0.15) is 64.0 Å². The van der Waals surface area contributed by atoms with E-state index >= 15 is 0 Å². The maximum atomic E-state index is 12.1. The summed E-state index contributed by atoms with van der Waals surface area (Å²) in [5.41, 5.74) is 2.39. The summed E-state index contributed by atoms with van der Waals surface area (Å²) in [7, 11) is -1.58.